The first-order valence-corrected chi connectivity index (χ1v) is 8.96. The molecule has 21 heavy (non-hydrogen) atoms. The summed E-state index contributed by atoms with van der Waals surface area (Å²) in [4.78, 5) is 4.67. The standard InChI is InChI=1S/C15H15FN2OS2/c1-8-11(9-4-6-10(16)7-5-9)12-13(19-8)17-15(21-3)18-14(12)20-2/h4-7,15,17H,1-3H3. The predicted molar refractivity (Wildman–Crippen MR) is 89.8 cm³/mol. The predicted octanol–water partition coefficient (Wildman–Crippen LogP) is 4.58. The van der Waals surface area contributed by atoms with Crippen LogP contribution in [-0.2, 0) is 0 Å². The van der Waals surface area contributed by atoms with E-state index >= 15 is 0 Å². The van der Waals surface area contributed by atoms with Crippen molar-refractivity contribution in [3.8, 4) is 11.1 Å². The average Bonchev–Trinajstić information content (AvgIpc) is 2.83. The molecule has 6 heteroatoms. The SMILES string of the molecule is CSC1=NC(SC)Nc2oc(C)c(-c3ccc(F)cc3)c21. The molecule has 0 fully saturated rings. The molecule has 1 unspecified atom stereocenters. The van der Waals surface area contributed by atoms with Gasteiger partial charge >= 0.3 is 0 Å². The van der Waals surface area contributed by atoms with E-state index in [-0.39, 0.29) is 11.3 Å². The van der Waals surface area contributed by atoms with Gasteiger partial charge in [-0.3, -0.25) is 0 Å². The van der Waals surface area contributed by atoms with E-state index in [1.165, 1.54) is 12.1 Å². The van der Waals surface area contributed by atoms with Crippen molar-refractivity contribution in [2.24, 2.45) is 4.99 Å². The van der Waals surface area contributed by atoms with E-state index in [4.69, 9.17) is 4.42 Å². The van der Waals surface area contributed by atoms with Crippen LogP contribution in [0.1, 0.15) is 11.3 Å². The number of nitrogens with zero attached hydrogens (tertiary/aromatic N) is 1. The second kappa shape index (κ2) is 5.77. The number of hydrogen-bond acceptors (Lipinski definition) is 5. The summed E-state index contributed by atoms with van der Waals surface area (Å²) < 4.78 is 19.0. The van der Waals surface area contributed by atoms with Gasteiger partial charge in [-0.05, 0) is 37.1 Å². The second-order valence-electron chi connectivity index (χ2n) is 4.62. The van der Waals surface area contributed by atoms with E-state index < -0.39 is 0 Å². The fourth-order valence-corrected chi connectivity index (χ4v) is 3.51. The van der Waals surface area contributed by atoms with Gasteiger partial charge in [0, 0.05) is 5.56 Å². The number of anilines is 1. The Morgan fingerprint density at radius 3 is 2.52 bits per heavy atom. The summed E-state index contributed by atoms with van der Waals surface area (Å²) in [6.45, 7) is 1.92. The van der Waals surface area contributed by atoms with Crippen LogP contribution in [0.3, 0.4) is 0 Å². The molecule has 0 aliphatic carbocycles. The Hall–Kier alpha value is -1.40. The molecule has 110 valence electrons. The smallest absolute Gasteiger partial charge is 0.206 e. The Morgan fingerprint density at radius 2 is 1.90 bits per heavy atom. The van der Waals surface area contributed by atoms with E-state index in [2.05, 4.69) is 10.3 Å². The molecule has 0 saturated carbocycles. The number of aliphatic imine (C=N–C) groups is 1. The number of thioether (sulfide) groups is 2. The van der Waals surface area contributed by atoms with Crippen molar-refractivity contribution < 1.29 is 8.81 Å². The molecular weight excluding hydrogens is 307 g/mol. The molecular formula is C15H15FN2OS2. The maximum absolute atomic E-state index is 13.1. The summed E-state index contributed by atoms with van der Waals surface area (Å²) in [5.41, 5.74) is 2.85. The zero-order chi connectivity index (χ0) is 15.0. The number of halogens is 1. The van der Waals surface area contributed by atoms with Gasteiger partial charge in [-0.25, -0.2) is 9.38 Å². The Labute approximate surface area is 131 Å². The number of fused-ring (bicyclic) bond motifs is 1. The van der Waals surface area contributed by atoms with Crippen LogP contribution in [0, 0.1) is 12.7 Å². The van der Waals surface area contributed by atoms with E-state index in [0.717, 1.165) is 33.4 Å². The number of aryl methyl sites for hydroxylation is 1. The van der Waals surface area contributed by atoms with Crippen LogP contribution in [0.15, 0.2) is 33.7 Å². The van der Waals surface area contributed by atoms with Gasteiger partial charge in [0.2, 0.25) is 5.88 Å². The first-order valence-electron chi connectivity index (χ1n) is 6.45. The third kappa shape index (κ3) is 2.58. The highest BCUT2D eigenvalue weighted by Gasteiger charge is 2.28. The third-order valence-electron chi connectivity index (χ3n) is 3.34. The summed E-state index contributed by atoms with van der Waals surface area (Å²) in [5, 5.41) is 4.22. The lowest BCUT2D eigenvalue weighted by atomic mass is 10.0. The lowest BCUT2D eigenvalue weighted by Crippen LogP contribution is -2.20. The molecule has 0 radical (unpaired) electrons. The van der Waals surface area contributed by atoms with Gasteiger partial charge in [0.1, 0.15) is 16.6 Å². The summed E-state index contributed by atoms with van der Waals surface area (Å²) in [6, 6.07) is 6.47. The van der Waals surface area contributed by atoms with E-state index in [9.17, 15) is 4.39 Å². The number of rotatable bonds is 2. The molecule has 2 aromatic rings. The molecule has 1 N–H and O–H groups in total. The van der Waals surface area contributed by atoms with E-state index in [0.29, 0.717) is 0 Å². The number of benzene rings is 1. The van der Waals surface area contributed by atoms with E-state index in [1.807, 2.05) is 19.4 Å². The maximum Gasteiger partial charge on any atom is 0.206 e. The van der Waals surface area contributed by atoms with Crippen LogP contribution >= 0.6 is 23.5 Å². The van der Waals surface area contributed by atoms with Gasteiger partial charge < -0.3 is 9.73 Å². The number of hydrogen-bond donors (Lipinski definition) is 1. The number of nitrogens with one attached hydrogen (secondary N) is 1. The molecule has 1 aliphatic rings. The molecule has 3 rings (SSSR count). The largest absolute Gasteiger partial charge is 0.445 e. The Balaban J connectivity index is 2.16. The quantitative estimate of drug-likeness (QED) is 0.878. The van der Waals surface area contributed by atoms with Gasteiger partial charge in [0.05, 0.1) is 5.56 Å². The van der Waals surface area contributed by atoms with Gasteiger partial charge in [-0.2, -0.15) is 0 Å². The molecule has 1 aliphatic heterocycles. The van der Waals surface area contributed by atoms with Crippen molar-refractivity contribution in [3.63, 3.8) is 0 Å². The monoisotopic (exact) mass is 322 g/mol. The summed E-state index contributed by atoms with van der Waals surface area (Å²) >= 11 is 3.22. The molecule has 2 heterocycles. The van der Waals surface area contributed by atoms with Crippen molar-refractivity contribution in [1.82, 2.24) is 0 Å². The van der Waals surface area contributed by atoms with Gasteiger partial charge in [0.15, 0.2) is 5.50 Å². The first kappa shape index (κ1) is 14.5. The van der Waals surface area contributed by atoms with Gasteiger partial charge in [-0.1, -0.05) is 12.1 Å². The minimum Gasteiger partial charge on any atom is -0.445 e. The van der Waals surface area contributed by atoms with Crippen LogP contribution in [0.5, 0.6) is 0 Å². The highest BCUT2D eigenvalue weighted by Crippen LogP contribution is 2.41. The van der Waals surface area contributed by atoms with E-state index in [1.54, 1.807) is 35.7 Å². The zero-order valence-corrected chi connectivity index (χ0v) is 13.6. The van der Waals surface area contributed by atoms with Gasteiger partial charge in [-0.15, -0.1) is 23.5 Å². The lowest BCUT2D eigenvalue weighted by Gasteiger charge is -2.20. The van der Waals surface area contributed by atoms with Crippen molar-refractivity contribution >= 4 is 34.5 Å². The summed E-state index contributed by atoms with van der Waals surface area (Å²) in [5.74, 6) is 1.31. The molecule has 1 aromatic heterocycles. The molecule has 0 spiro atoms. The molecule has 3 nitrogen and oxygen atoms in total. The fourth-order valence-electron chi connectivity index (χ4n) is 2.40. The van der Waals surface area contributed by atoms with Crippen LogP contribution in [-0.4, -0.2) is 23.1 Å². The van der Waals surface area contributed by atoms with Crippen LogP contribution in [0.4, 0.5) is 10.3 Å². The average molecular weight is 322 g/mol. The Kier molecular flexibility index (Phi) is 3.99. The highest BCUT2D eigenvalue weighted by molar-refractivity contribution is 8.14. The minimum absolute atomic E-state index is 0.0356. The van der Waals surface area contributed by atoms with Crippen molar-refractivity contribution in [3.05, 3.63) is 41.4 Å². The Morgan fingerprint density at radius 1 is 1.19 bits per heavy atom. The minimum atomic E-state index is -0.243. The van der Waals surface area contributed by atoms with Crippen molar-refractivity contribution in [1.29, 1.82) is 0 Å². The molecule has 0 saturated heterocycles. The topological polar surface area (TPSA) is 37.5 Å². The van der Waals surface area contributed by atoms with Crippen LogP contribution < -0.4 is 5.32 Å². The van der Waals surface area contributed by atoms with Crippen molar-refractivity contribution in [2.75, 3.05) is 17.8 Å². The Bertz CT molecular complexity index is 694. The maximum atomic E-state index is 13.1. The van der Waals surface area contributed by atoms with Crippen LogP contribution in [0.25, 0.3) is 11.1 Å². The van der Waals surface area contributed by atoms with Crippen molar-refractivity contribution in [2.45, 2.75) is 12.4 Å². The lowest BCUT2D eigenvalue weighted by molar-refractivity contribution is 0.545. The second-order valence-corrected chi connectivity index (χ2v) is 6.33. The fraction of sp³-hybridized carbons (Fsp3) is 0.267. The first-order chi connectivity index (χ1) is 10.1. The molecule has 1 atom stereocenters. The van der Waals surface area contributed by atoms with Gasteiger partial charge in [0.25, 0.3) is 0 Å². The third-order valence-corrected chi connectivity index (χ3v) is 4.70. The summed E-state index contributed by atoms with van der Waals surface area (Å²) in [6.07, 6.45) is 4.00. The summed E-state index contributed by atoms with van der Waals surface area (Å²) in [7, 11) is 0. The zero-order valence-electron chi connectivity index (χ0n) is 11.9. The van der Waals surface area contributed by atoms with Crippen LogP contribution in [0.2, 0.25) is 0 Å². The highest BCUT2D eigenvalue weighted by atomic mass is 32.2. The molecule has 1 aromatic carbocycles. The number of furan rings is 1. The molecule has 0 amide bonds. The normalized spacial score (nSPS) is 17.1. The molecule has 0 bridgehead atoms.